The highest BCUT2D eigenvalue weighted by Gasteiger charge is 2.19. The topological polar surface area (TPSA) is 131 Å². The van der Waals surface area contributed by atoms with Crippen molar-refractivity contribution in [2.24, 2.45) is 4.99 Å². The van der Waals surface area contributed by atoms with Crippen LogP contribution in [0.4, 0.5) is 11.4 Å². The van der Waals surface area contributed by atoms with E-state index in [4.69, 9.17) is 0 Å². The van der Waals surface area contributed by atoms with E-state index in [1.165, 1.54) is 36.4 Å². The molecular formula is C20H22N4O5S. The van der Waals surface area contributed by atoms with Gasteiger partial charge in [-0.3, -0.25) is 24.6 Å². The van der Waals surface area contributed by atoms with Crippen molar-refractivity contribution in [1.82, 2.24) is 4.72 Å². The lowest BCUT2D eigenvalue weighted by Crippen LogP contribution is -2.30. The smallest absolute Gasteiger partial charge is 0.273 e. The Balaban J connectivity index is 1.71. The van der Waals surface area contributed by atoms with Gasteiger partial charge in [0.2, 0.25) is 5.91 Å². The van der Waals surface area contributed by atoms with E-state index >= 15 is 0 Å². The summed E-state index contributed by atoms with van der Waals surface area (Å²) in [6, 6.07) is 11.8. The van der Waals surface area contributed by atoms with Gasteiger partial charge in [0.1, 0.15) is 5.84 Å². The number of benzene rings is 2. The molecule has 1 amide bonds. The van der Waals surface area contributed by atoms with Gasteiger partial charge in [0.15, 0.2) is 0 Å². The first-order valence-corrected chi connectivity index (χ1v) is 11.0. The second kappa shape index (κ2) is 9.49. The molecule has 10 heteroatoms. The average molecular weight is 430 g/mol. The highest BCUT2D eigenvalue weighted by Crippen LogP contribution is 2.20. The summed E-state index contributed by atoms with van der Waals surface area (Å²) in [7, 11) is -3.83. The van der Waals surface area contributed by atoms with Crippen molar-refractivity contribution in [2.45, 2.75) is 37.0 Å². The second-order valence-corrected chi connectivity index (χ2v) is 8.57. The molecule has 0 saturated carbocycles. The molecule has 0 bridgehead atoms. The zero-order valence-electron chi connectivity index (χ0n) is 16.2. The van der Waals surface area contributed by atoms with Crippen molar-refractivity contribution in [1.29, 1.82) is 0 Å². The van der Waals surface area contributed by atoms with Crippen molar-refractivity contribution in [3.05, 3.63) is 64.2 Å². The molecule has 158 valence electrons. The van der Waals surface area contributed by atoms with E-state index in [-0.39, 0.29) is 28.3 Å². The number of carbonyl (C=O) groups excluding carboxylic acids is 1. The Bertz CT molecular complexity index is 1080. The van der Waals surface area contributed by atoms with Crippen molar-refractivity contribution in [3.8, 4) is 0 Å². The number of nitrogens with one attached hydrogen (secondary N) is 2. The standard InChI is InChI=1S/C20H22N4O5S/c25-20(13-15-7-3-4-10-18(15)24(26)27)22-16-8-6-9-17(14-16)30(28,29)23-19-11-2-1-5-12-21-19/h3-4,6-10,14H,1-2,5,11-13H2,(H,21,23)(H,22,25). The number of aliphatic imine (C=N–C) groups is 1. The second-order valence-electron chi connectivity index (χ2n) is 6.88. The average Bonchev–Trinajstić information content (AvgIpc) is 2.96. The van der Waals surface area contributed by atoms with Crippen LogP contribution in [0, 0.1) is 10.1 Å². The van der Waals surface area contributed by atoms with E-state index in [0.717, 1.165) is 19.3 Å². The SMILES string of the molecule is O=C(Cc1ccccc1[N+](=O)[O-])Nc1cccc(S(=O)(=O)NC2=NCCCCC2)c1. The number of nitro groups is 1. The predicted molar refractivity (Wildman–Crippen MR) is 113 cm³/mol. The maximum Gasteiger partial charge on any atom is 0.273 e. The van der Waals surface area contributed by atoms with Gasteiger partial charge in [-0.15, -0.1) is 0 Å². The van der Waals surface area contributed by atoms with Crippen molar-refractivity contribution < 1.29 is 18.1 Å². The fraction of sp³-hybridized carbons (Fsp3) is 0.300. The molecule has 1 aliphatic heterocycles. The summed E-state index contributed by atoms with van der Waals surface area (Å²) in [5.41, 5.74) is 0.415. The van der Waals surface area contributed by atoms with Gasteiger partial charge in [-0.25, -0.2) is 8.42 Å². The number of carbonyl (C=O) groups is 1. The van der Waals surface area contributed by atoms with Crippen LogP contribution in [0.25, 0.3) is 0 Å². The molecule has 0 unspecified atom stereocenters. The lowest BCUT2D eigenvalue weighted by Gasteiger charge is -2.11. The number of amides is 1. The minimum atomic E-state index is -3.83. The maximum absolute atomic E-state index is 12.7. The summed E-state index contributed by atoms with van der Waals surface area (Å²) in [4.78, 5) is 27.2. The lowest BCUT2D eigenvalue weighted by atomic mass is 10.1. The number of hydrogen-bond acceptors (Lipinski definition) is 6. The third kappa shape index (κ3) is 5.63. The summed E-state index contributed by atoms with van der Waals surface area (Å²) >= 11 is 0. The van der Waals surface area contributed by atoms with Crippen LogP contribution in [0.1, 0.15) is 31.2 Å². The third-order valence-corrected chi connectivity index (χ3v) is 5.97. The van der Waals surface area contributed by atoms with Gasteiger partial charge in [-0.1, -0.05) is 30.7 Å². The molecule has 0 aromatic heterocycles. The fourth-order valence-corrected chi connectivity index (χ4v) is 4.26. The van der Waals surface area contributed by atoms with E-state index in [0.29, 0.717) is 18.8 Å². The quantitative estimate of drug-likeness (QED) is 0.537. The molecule has 0 aliphatic carbocycles. The van der Waals surface area contributed by atoms with Gasteiger partial charge >= 0.3 is 0 Å². The summed E-state index contributed by atoms with van der Waals surface area (Å²) in [6.07, 6.45) is 3.19. The molecule has 2 aromatic carbocycles. The number of hydrogen-bond donors (Lipinski definition) is 2. The van der Waals surface area contributed by atoms with E-state index in [1.807, 2.05) is 0 Å². The van der Waals surface area contributed by atoms with Gasteiger partial charge in [-0.2, -0.15) is 0 Å². The molecule has 0 fully saturated rings. The van der Waals surface area contributed by atoms with Crippen LogP contribution in [0.15, 0.2) is 58.4 Å². The molecule has 1 aliphatic rings. The summed E-state index contributed by atoms with van der Waals surface area (Å²) in [6.45, 7) is 0.597. The molecule has 30 heavy (non-hydrogen) atoms. The van der Waals surface area contributed by atoms with Crippen molar-refractivity contribution in [2.75, 3.05) is 11.9 Å². The Kier molecular flexibility index (Phi) is 6.78. The van der Waals surface area contributed by atoms with Crippen LogP contribution in [-0.2, 0) is 21.2 Å². The van der Waals surface area contributed by atoms with Crippen molar-refractivity contribution in [3.63, 3.8) is 0 Å². The first kappa shape index (κ1) is 21.4. The first-order chi connectivity index (χ1) is 14.3. The van der Waals surface area contributed by atoms with Crippen LogP contribution in [0.3, 0.4) is 0 Å². The molecule has 2 N–H and O–H groups in total. The Labute approximate surface area is 174 Å². The van der Waals surface area contributed by atoms with E-state index in [2.05, 4.69) is 15.0 Å². The van der Waals surface area contributed by atoms with Gasteiger partial charge in [0, 0.05) is 30.3 Å². The predicted octanol–water partition coefficient (Wildman–Crippen LogP) is 3.03. The number of nitrogens with zero attached hydrogens (tertiary/aromatic N) is 2. The lowest BCUT2D eigenvalue weighted by molar-refractivity contribution is -0.385. The molecule has 1 heterocycles. The molecule has 9 nitrogen and oxygen atoms in total. The number of nitro benzene ring substituents is 1. The summed E-state index contributed by atoms with van der Waals surface area (Å²) in [5, 5.41) is 13.7. The zero-order valence-corrected chi connectivity index (χ0v) is 17.0. The number of anilines is 1. The number of sulfonamides is 1. The number of para-hydroxylation sites is 1. The van der Waals surface area contributed by atoms with E-state index in [9.17, 15) is 23.3 Å². The Morgan fingerprint density at radius 3 is 2.70 bits per heavy atom. The minimum absolute atomic E-state index is 0.00191. The van der Waals surface area contributed by atoms with E-state index in [1.54, 1.807) is 12.1 Å². The molecule has 2 aromatic rings. The number of rotatable bonds is 6. The monoisotopic (exact) mass is 430 g/mol. The third-order valence-electron chi connectivity index (χ3n) is 4.59. The maximum atomic E-state index is 12.7. The van der Waals surface area contributed by atoms with Crippen LogP contribution < -0.4 is 10.0 Å². The zero-order chi connectivity index (χ0) is 21.6. The number of amidine groups is 1. The molecule has 0 atom stereocenters. The molecular weight excluding hydrogens is 408 g/mol. The van der Waals surface area contributed by atoms with Crippen molar-refractivity contribution >= 4 is 33.1 Å². The molecule has 0 spiro atoms. The Morgan fingerprint density at radius 2 is 1.90 bits per heavy atom. The Morgan fingerprint density at radius 1 is 1.10 bits per heavy atom. The normalized spacial score (nSPS) is 14.3. The summed E-state index contributed by atoms with van der Waals surface area (Å²) < 4.78 is 27.9. The highest BCUT2D eigenvalue weighted by atomic mass is 32.2. The van der Waals surface area contributed by atoms with Crippen LogP contribution in [-0.4, -0.2) is 31.6 Å². The Hall–Kier alpha value is -3.27. The largest absolute Gasteiger partial charge is 0.326 e. The molecule has 0 radical (unpaired) electrons. The first-order valence-electron chi connectivity index (χ1n) is 9.53. The van der Waals surface area contributed by atoms with Gasteiger partial charge in [0.05, 0.1) is 16.2 Å². The van der Waals surface area contributed by atoms with Crippen LogP contribution in [0.2, 0.25) is 0 Å². The van der Waals surface area contributed by atoms with Crippen LogP contribution >= 0.6 is 0 Å². The van der Waals surface area contributed by atoms with Gasteiger partial charge in [0.25, 0.3) is 15.7 Å². The molecule has 0 saturated heterocycles. The highest BCUT2D eigenvalue weighted by molar-refractivity contribution is 7.90. The fourth-order valence-electron chi connectivity index (χ4n) is 3.13. The summed E-state index contributed by atoms with van der Waals surface area (Å²) in [5.74, 6) is -0.0433. The van der Waals surface area contributed by atoms with Gasteiger partial charge < -0.3 is 5.32 Å². The molecule has 3 rings (SSSR count). The van der Waals surface area contributed by atoms with E-state index < -0.39 is 20.9 Å². The van der Waals surface area contributed by atoms with Gasteiger partial charge in [-0.05, 0) is 31.0 Å². The minimum Gasteiger partial charge on any atom is -0.326 e. The van der Waals surface area contributed by atoms with Crippen LogP contribution in [0.5, 0.6) is 0 Å².